The first-order valence-corrected chi connectivity index (χ1v) is 10.5. The van der Waals surface area contributed by atoms with E-state index in [4.69, 9.17) is 9.47 Å². The van der Waals surface area contributed by atoms with Gasteiger partial charge in [0.05, 0.1) is 5.56 Å². The number of carbonyl (C=O) groups is 3. The highest BCUT2D eigenvalue weighted by atomic mass is 16.6. The summed E-state index contributed by atoms with van der Waals surface area (Å²) in [7, 11) is 0. The first-order chi connectivity index (χ1) is 15.3. The lowest BCUT2D eigenvalue weighted by atomic mass is 10.0. The molecule has 32 heavy (non-hydrogen) atoms. The van der Waals surface area contributed by atoms with Crippen molar-refractivity contribution < 1.29 is 29.0 Å². The van der Waals surface area contributed by atoms with Crippen molar-refractivity contribution in [3.63, 3.8) is 0 Å². The normalized spacial score (nSPS) is 18.8. The van der Waals surface area contributed by atoms with E-state index in [2.05, 4.69) is 20.8 Å². The van der Waals surface area contributed by atoms with Gasteiger partial charge in [0.1, 0.15) is 17.6 Å². The third-order valence-corrected chi connectivity index (χ3v) is 5.19. The summed E-state index contributed by atoms with van der Waals surface area (Å²) in [5, 5.41) is 22.2. The zero-order valence-corrected chi connectivity index (χ0v) is 18.3. The average molecular weight is 444 g/mol. The van der Waals surface area contributed by atoms with Gasteiger partial charge in [0, 0.05) is 23.7 Å². The van der Waals surface area contributed by atoms with Crippen molar-refractivity contribution in [3.05, 3.63) is 35.5 Å². The minimum absolute atomic E-state index is 0.0162. The Kier molecular flexibility index (Phi) is 7.34. The second kappa shape index (κ2) is 10.2. The van der Waals surface area contributed by atoms with Crippen LogP contribution in [0, 0.1) is 0 Å². The molecular formula is C22H28N4O6. The second-order valence-corrected chi connectivity index (χ2v) is 8.10. The SMILES string of the molecule is CC(C)NC(=O)O[C@@H]1CC[C@H](c2cc(NC(=O)[C@@H](C)Oc3cccc(O)c3C=O)n[nH]2)C1. The summed E-state index contributed by atoms with van der Waals surface area (Å²) in [6.45, 7) is 5.27. The van der Waals surface area contributed by atoms with Crippen LogP contribution in [0.3, 0.4) is 0 Å². The van der Waals surface area contributed by atoms with E-state index < -0.39 is 18.1 Å². The van der Waals surface area contributed by atoms with Gasteiger partial charge in [-0.3, -0.25) is 14.7 Å². The fraction of sp³-hybridized carbons (Fsp3) is 0.455. The van der Waals surface area contributed by atoms with Crippen LogP contribution in [0.1, 0.15) is 62.0 Å². The van der Waals surface area contributed by atoms with Gasteiger partial charge in [-0.15, -0.1) is 0 Å². The Morgan fingerprint density at radius 3 is 2.78 bits per heavy atom. The molecule has 1 heterocycles. The van der Waals surface area contributed by atoms with Crippen LogP contribution in [0.4, 0.5) is 10.6 Å². The molecule has 1 aliphatic carbocycles. The largest absolute Gasteiger partial charge is 0.507 e. The number of hydrogen-bond donors (Lipinski definition) is 4. The molecule has 2 aromatic rings. The third-order valence-electron chi connectivity index (χ3n) is 5.19. The Labute approximate surface area is 185 Å². The van der Waals surface area contributed by atoms with E-state index in [1.165, 1.54) is 25.1 Å². The van der Waals surface area contributed by atoms with Crippen LogP contribution < -0.4 is 15.4 Å². The number of nitrogens with one attached hydrogen (secondary N) is 3. The number of aldehydes is 1. The number of rotatable bonds is 8. The molecule has 0 bridgehead atoms. The van der Waals surface area contributed by atoms with E-state index in [1.54, 1.807) is 6.07 Å². The number of benzene rings is 1. The van der Waals surface area contributed by atoms with E-state index >= 15 is 0 Å². The highest BCUT2D eigenvalue weighted by molar-refractivity contribution is 5.93. The number of carbonyl (C=O) groups excluding carboxylic acids is 3. The number of ether oxygens (including phenoxy) is 2. The summed E-state index contributed by atoms with van der Waals surface area (Å²) in [6.07, 6.45) is 1.22. The molecular weight excluding hydrogens is 416 g/mol. The van der Waals surface area contributed by atoms with Gasteiger partial charge in [-0.25, -0.2) is 4.79 Å². The molecule has 1 aliphatic rings. The number of aromatic hydroxyl groups is 1. The third kappa shape index (κ3) is 5.77. The number of anilines is 1. The lowest BCUT2D eigenvalue weighted by Gasteiger charge is -2.15. The van der Waals surface area contributed by atoms with Crippen molar-refractivity contribution in [2.75, 3.05) is 5.32 Å². The van der Waals surface area contributed by atoms with Gasteiger partial charge in [0.25, 0.3) is 5.91 Å². The zero-order chi connectivity index (χ0) is 23.3. The Hall–Kier alpha value is -3.56. The average Bonchev–Trinajstić information content (AvgIpc) is 3.37. The van der Waals surface area contributed by atoms with Gasteiger partial charge in [-0.2, -0.15) is 5.10 Å². The van der Waals surface area contributed by atoms with Gasteiger partial charge >= 0.3 is 6.09 Å². The van der Waals surface area contributed by atoms with E-state index in [9.17, 15) is 19.5 Å². The fourth-order valence-electron chi connectivity index (χ4n) is 3.59. The number of alkyl carbamates (subject to hydrolysis) is 1. The molecule has 4 N–H and O–H groups in total. The molecule has 10 heteroatoms. The molecule has 0 saturated heterocycles. The summed E-state index contributed by atoms with van der Waals surface area (Å²) in [4.78, 5) is 35.4. The second-order valence-electron chi connectivity index (χ2n) is 8.10. The van der Waals surface area contributed by atoms with Gasteiger partial charge in [-0.1, -0.05) is 6.07 Å². The van der Waals surface area contributed by atoms with Crippen LogP contribution >= 0.6 is 0 Å². The molecule has 1 fully saturated rings. The van der Waals surface area contributed by atoms with Crippen LogP contribution in [-0.4, -0.2) is 51.8 Å². The first kappa shape index (κ1) is 23.1. The Morgan fingerprint density at radius 2 is 2.06 bits per heavy atom. The summed E-state index contributed by atoms with van der Waals surface area (Å²) < 4.78 is 11.0. The molecule has 0 aliphatic heterocycles. The van der Waals surface area contributed by atoms with Crippen molar-refractivity contribution in [1.29, 1.82) is 0 Å². The zero-order valence-electron chi connectivity index (χ0n) is 18.3. The van der Waals surface area contributed by atoms with Crippen LogP contribution in [0.5, 0.6) is 11.5 Å². The fourth-order valence-corrected chi connectivity index (χ4v) is 3.59. The molecule has 0 radical (unpaired) electrons. The molecule has 2 amide bonds. The Bertz CT molecular complexity index is 973. The summed E-state index contributed by atoms with van der Waals surface area (Å²) in [5.41, 5.74) is 0.828. The lowest BCUT2D eigenvalue weighted by Crippen LogP contribution is -2.33. The minimum atomic E-state index is -0.931. The van der Waals surface area contributed by atoms with Crippen molar-refractivity contribution in [1.82, 2.24) is 15.5 Å². The standard InChI is InChI=1S/C22H28N4O6/c1-12(2)23-22(30)32-15-8-7-14(9-15)17-10-20(26-25-17)24-21(29)13(3)31-19-6-4-5-18(28)16(19)11-27/h4-6,10-15,28H,7-9H2,1-3H3,(H,23,30)(H2,24,25,26,29)/t13-,14+,15-/m1/s1. The lowest BCUT2D eigenvalue weighted by molar-refractivity contribution is -0.122. The number of aromatic nitrogens is 2. The summed E-state index contributed by atoms with van der Waals surface area (Å²) in [6, 6.07) is 6.15. The van der Waals surface area contributed by atoms with Gasteiger partial charge in [-0.05, 0) is 52.2 Å². The highest BCUT2D eigenvalue weighted by Gasteiger charge is 2.30. The maximum absolute atomic E-state index is 12.5. The van der Waals surface area contributed by atoms with Crippen molar-refractivity contribution >= 4 is 24.1 Å². The Morgan fingerprint density at radius 1 is 1.28 bits per heavy atom. The van der Waals surface area contributed by atoms with E-state index in [1.807, 2.05) is 13.8 Å². The van der Waals surface area contributed by atoms with Crippen molar-refractivity contribution in [2.45, 2.75) is 64.2 Å². The monoisotopic (exact) mass is 444 g/mol. The van der Waals surface area contributed by atoms with Gasteiger partial charge in [0.2, 0.25) is 0 Å². The number of phenols is 1. The Balaban J connectivity index is 1.54. The molecule has 1 saturated carbocycles. The topological polar surface area (TPSA) is 143 Å². The smallest absolute Gasteiger partial charge is 0.407 e. The quantitative estimate of drug-likeness (QED) is 0.458. The molecule has 3 atom stereocenters. The van der Waals surface area contributed by atoms with Crippen LogP contribution in [-0.2, 0) is 9.53 Å². The minimum Gasteiger partial charge on any atom is -0.507 e. The van der Waals surface area contributed by atoms with E-state index in [0.29, 0.717) is 18.5 Å². The van der Waals surface area contributed by atoms with Crippen molar-refractivity contribution in [2.24, 2.45) is 0 Å². The van der Waals surface area contributed by atoms with Crippen LogP contribution in [0.25, 0.3) is 0 Å². The van der Waals surface area contributed by atoms with E-state index in [-0.39, 0.29) is 35.1 Å². The molecule has 3 rings (SSSR count). The van der Waals surface area contributed by atoms with E-state index in [0.717, 1.165) is 18.5 Å². The predicted octanol–water partition coefficient (Wildman–Crippen LogP) is 3.10. The molecule has 10 nitrogen and oxygen atoms in total. The number of nitrogens with zero attached hydrogens (tertiary/aromatic N) is 1. The summed E-state index contributed by atoms with van der Waals surface area (Å²) >= 11 is 0. The number of phenolic OH excluding ortho intramolecular Hbond substituents is 1. The number of H-pyrrole nitrogens is 1. The van der Waals surface area contributed by atoms with Gasteiger partial charge in [0.15, 0.2) is 18.2 Å². The van der Waals surface area contributed by atoms with Gasteiger partial charge < -0.3 is 25.2 Å². The maximum Gasteiger partial charge on any atom is 0.407 e. The molecule has 172 valence electrons. The molecule has 0 spiro atoms. The summed E-state index contributed by atoms with van der Waals surface area (Å²) in [5.74, 6) is -0.0808. The number of amides is 2. The highest BCUT2D eigenvalue weighted by Crippen LogP contribution is 2.36. The van der Waals surface area contributed by atoms with Crippen LogP contribution in [0.2, 0.25) is 0 Å². The molecule has 1 aromatic heterocycles. The molecule has 0 unspecified atom stereocenters. The predicted molar refractivity (Wildman–Crippen MR) is 116 cm³/mol. The number of aromatic amines is 1. The first-order valence-electron chi connectivity index (χ1n) is 10.5. The molecule has 1 aromatic carbocycles. The number of hydrogen-bond acceptors (Lipinski definition) is 7. The maximum atomic E-state index is 12.5. The van der Waals surface area contributed by atoms with Crippen LogP contribution in [0.15, 0.2) is 24.3 Å². The van der Waals surface area contributed by atoms with Crippen molar-refractivity contribution in [3.8, 4) is 11.5 Å².